The Morgan fingerprint density at radius 2 is 2.03 bits per heavy atom. The van der Waals surface area contributed by atoms with Gasteiger partial charge in [-0.3, -0.25) is 29.1 Å². The fourth-order valence-corrected chi connectivity index (χ4v) is 3.56. The predicted molar refractivity (Wildman–Crippen MR) is 109 cm³/mol. The zero-order valence-electron chi connectivity index (χ0n) is 15.9. The van der Waals surface area contributed by atoms with Gasteiger partial charge in [0.2, 0.25) is 11.8 Å². The molecule has 4 rings (SSSR count). The van der Waals surface area contributed by atoms with E-state index in [-0.39, 0.29) is 41.4 Å². The second-order valence-electron chi connectivity index (χ2n) is 7.02. The van der Waals surface area contributed by atoms with Gasteiger partial charge in [-0.05, 0) is 25.1 Å². The Balaban J connectivity index is 1.70. The molecule has 2 amide bonds. The second-order valence-corrected chi connectivity index (χ2v) is 7.02. The number of nitrogens with one attached hydrogen (secondary N) is 1. The second kappa shape index (κ2) is 7.39. The summed E-state index contributed by atoms with van der Waals surface area (Å²) in [5.41, 5.74) is 0.611. The monoisotopic (exact) mass is 407 g/mol. The van der Waals surface area contributed by atoms with Crippen LogP contribution in [-0.2, 0) is 16.1 Å². The Bertz CT molecular complexity index is 1250. The molecular formula is C20H17N5O5. The van der Waals surface area contributed by atoms with Crippen LogP contribution >= 0.6 is 0 Å². The molecule has 3 aromatic rings. The Morgan fingerprint density at radius 3 is 2.80 bits per heavy atom. The van der Waals surface area contributed by atoms with Crippen LogP contribution in [0.25, 0.3) is 10.9 Å². The molecule has 1 unspecified atom stereocenters. The first kappa shape index (κ1) is 19.2. The Labute approximate surface area is 169 Å². The lowest BCUT2D eigenvalue weighted by molar-refractivity contribution is -0.384. The van der Waals surface area contributed by atoms with Gasteiger partial charge < -0.3 is 10.2 Å². The summed E-state index contributed by atoms with van der Waals surface area (Å²) >= 11 is 0. The number of hydrogen-bond acceptors (Lipinski definition) is 6. The third-order valence-electron chi connectivity index (χ3n) is 4.95. The largest absolute Gasteiger partial charge is 0.324 e. The van der Waals surface area contributed by atoms with E-state index in [9.17, 15) is 24.5 Å². The summed E-state index contributed by atoms with van der Waals surface area (Å²) < 4.78 is 1.16. The van der Waals surface area contributed by atoms with Gasteiger partial charge in [-0.2, -0.15) is 0 Å². The van der Waals surface area contributed by atoms with Crippen LogP contribution in [0.4, 0.5) is 17.1 Å². The standard InChI is InChI=1S/C20H17N5O5/c1-12-8-18(26)22-15-4-2-3-5-17(15)24(12)19(27)10-23-11-21-16-9-13(25(29)30)6-7-14(16)20(23)28/h2-7,9,11-12H,8,10H2,1H3,(H,22,26). The third-order valence-corrected chi connectivity index (χ3v) is 4.95. The fourth-order valence-electron chi connectivity index (χ4n) is 3.56. The lowest BCUT2D eigenvalue weighted by Crippen LogP contribution is -2.42. The van der Waals surface area contributed by atoms with Gasteiger partial charge in [-0.15, -0.1) is 0 Å². The van der Waals surface area contributed by atoms with Crippen molar-refractivity contribution in [3.05, 3.63) is 69.3 Å². The molecule has 0 spiro atoms. The highest BCUT2D eigenvalue weighted by molar-refractivity contribution is 6.04. The van der Waals surface area contributed by atoms with Gasteiger partial charge in [-0.25, -0.2) is 4.98 Å². The number of benzene rings is 2. The van der Waals surface area contributed by atoms with E-state index in [1.165, 1.54) is 29.4 Å². The molecule has 30 heavy (non-hydrogen) atoms. The van der Waals surface area contributed by atoms with Gasteiger partial charge in [0, 0.05) is 24.6 Å². The smallest absolute Gasteiger partial charge is 0.271 e. The van der Waals surface area contributed by atoms with Crippen LogP contribution in [0.2, 0.25) is 0 Å². The number of rotatable bonds is 3. The lowest BCUT2D eigenvalue weighted by Gasteiger charge is -2.28. The molecule has 0 fully saturated rings. The third kappa shape index (κ3) is 3.39. The summed E-state index contributed by atoms with van der Waals surface area (Å²) in [6.45, 7) is 1.48. The molecule has 2 aromatic carbocycles. The van der Waals surface area contributed by atoms with Gasteiger partial charge in [0.15, 0.2) is 0 Å². The quantitative estimate of drug-likeness (QED) is 0.523. The molecule has 1 aromatic heterocycles. The molecule has 0 saturated carbocycles. The van der Waals surface area contributed by atoms with Crippen LogP contribution in [0.5, 0.6) is 0 Å². The van der Waals surface area contributed by atoms with Gasteiger partial charge in [0.05, 0.1) is 33.5 Å². The maximum atomic E-state index is 13.1. The van der Waals surface area contributed by atoms with Crippen LogP contribution in [-0.4, -0.2) is 32.3 Å². The van der Waals surface area contributed by atoms with Crippen molar-refractivity contribution in [2.24, 2.45) is 0 Å². The van der Waals surface area contributed by atoms with Gasteiger partial charge in [0.25, 0.3) is 11.2 Å². The van der Waals surface area contributed by atoms with E-state index in [0.717, 1.165) is 4.57 Å². The van der Waals surface area contributed by atoms with E-state index in [1.807, 2.05) is 0 Å². The molecule has 1 aliphatic rings. The van der Waals surface area contributed by atoms with Crippen molar-refractivity contribution in [2.75, 3.05) is 10.2 Å². The van der Waals surface area contributed by atoms with Gasteiger partial charge in [0.1, 0.15) is 6.54 Å². The van der Waals surface area contributed by atoms with Crippen LogP contribution in [0.1, 0.15) is 13.3 Å². The number of nitro groups is 1. The Morgan fingerprint density at radius 1 is 1.27 bits per heavy atom. The Hall–Kier alpha value is -4.08. The number of nitro benzene ring substituents is 1. The normalized spacial score (nSPS) is 16.0. The highest BCUT2D eigenvalue weighted by Gasteiger charge is 2.29. The van der Waals surface area contributed by atoms with E-state index in [4.69, 9.17) is 0 Å². The minimum Gasteiger partial charge on any atom is -0.324 e. The SMILES string of the molecule is CC1CC(=O)Nc2ccccc2N1C(=O)Cn1cnc2cc([N+](=O)[O-])ccc2c1=O. The van der Waals surface area contributed by atoms with Crippen molar-refractivity contribution in [1.29, 1.82) is 0 Å². The first-order chi connectivity index (χ1) is 14.3. The average molecular weight is 407 g/mol. The van der Waals surface area contributed by atoms with Gasteiger partial charge >= 0.3 is 0 Å². The number of anilines is 2. The van der Waals surface area contributed by atoms with E-state index in [1.54, 1.807) is 31.2 Å². The maximum absolute atomic E-state index is 13.1. The fraction of sp³-hybridized carbons (Fsp3) is 0.200. The van der Waals surface area contributed by atoms with E-state index in [2.05, 4.69) is 10.3 Å². The molecule has 1 aliphatic heterocycles. The van der Waals surface area contributed by atoms with Crippen LogP contribution in [0, 0.1) is 10.1 Å². The molecule has 0 radical (unpaired) electrons. The maximum Gasteiger partial charge on any atom is 0.271 e. The highest BCUT2D eigenvalue weighted by Crippen LogP contribution is 2.31. The predicted octanol–water partition coefficient (Wildman–Crippen LogP) is 2.07. The highest BCUT2D eigenvalue weighted by atomic mass is 16.6. The van der Waals surface area contributed by atoms with Crippen molar-refractivity contribution in [3.63, 3.8) is 0 Å². The number of nitrogens with zero attached hydrogens (tertiary/aromatic N) is 4. The molecule has 0 aliphatic carbocycles. The minimum atomic E-state index is -0.566. The van der Waals surface area contributed by atoms with Crippen LogP contribution in [0.15, 0.2) is 53.6 Å². The van der Waals surface area contributed by atoms with Crippen molar-refractivity contribution in [3.8, 4) is 0 Å². The summed E-state index contributed by atoms with van der Waals surface area (Å²) in [6, 6.07) is 10.3. The molecule has 2 heterocycles. The number of carbonyl (C=O) groups is 2. The summed E-state index contributed by atoms with van der Waals surface area (Å²) in [7, 11) is 0. The number of hydrogen-bond donors (Lipinski definition) is 1. The number of aromatic nitrogens is 2. The first-order valence-electron chi connectivity index (χ1n) is 9.19. The molecule has 152 valence electrons. The van der Waals surface area contributed by atoms with Crippen molar-refractivity contribution >= 4 is 39.8 Å². The molecule has 0 saturated heterocycles. The number of carbonyl (C=O) groups excluding carboxylic acids is 2. The number of non-ortho nitro benzene ring substituents is 1. The van der Waals surface area contributed by atoms with Crippen molar-refractivity contribution in [1.82, 2.24) is 9.55 Å². The van der Waals surface area contributed by atoms with Crippen molar-refractivity contribution < 1.29 is 14.5 Å². The van der Waals surface area contributed by atoms with Crippen LogP contribution in [0.3, 0.4) is 0 Å². The number of amides is 2. The topological polar surface area (TPSA) is 127 Å². The first-order valence-corrected chi connectivity index (χ1v) is 9.19. The summed E-state index contributed by atoms with van der Waals surface area (Å²) in [5.74, 6) is -0.576. The minimum absolute atomic E-state index is 0.120. The van der Waals surface area contributed by atoms with Gasteiger partial charge in [-0.1, -0.05) is 12.1 Å². The average Bonchev–Trinajstić information content (AvgIpc) is 2.83. The molecule has 10 heteroatoms. The summed E-state index contributed by atoms with van der Waals surface area (Å²) in [4.78, 5) is 54.0. The summed E-state index contributed by atoms with van der Waals surface area (Å²) in [6.07, 6.45) is 1.32. The molecule has 10 nitrogen and oxygen atoms in total. The number of fused-ring (bicyclic) bond motifs is 2. The van der Waals surface area contributed by atoms with E-state index in [0.29, 0.717) is 11.4 Å². The Kier molecular flexibility index (Phi) is 4.74. The molecule has 1 N–H and O–H groups in total. The molecule has 1 atom stereocenters. The number of para-hydroxylation sites is 2. The lowest BCUT2D eigenvalue weighted by atomic mass is 10.1. The van der Waals surface area contributed by atoms with E-state index < -0.39 is 16.5 Å². The molecular weight excluding hydrogens is 390 g/mol. The zero-order chi connectivity index (χ0) is 21.4. The molecule has 0 bridgehead atoms. The van der Waals surface area contributed by atoms with Crippen LogP contribution < -0.4 is 15.8 Å². The summed E-state index contributed by atoms with van der Waals surface area (Å²) in [5, 5.41) is 13.9. The van der Waals surface area contributed by atoms with E-state index >= 15 is 0 Å². The van der Waals surface area contributed by atoms with Crippen molar-refractivity contribution in [2.45, 2.75) is 25.9 Å². The zero-order valence-corrected chi connectivity index (χ0v) is 15.9.